The van der Waals surface area contributed by atoms with E-state index in [-0.39, 0.29) is 17.5 Å². The Bertz CT molecular complexity index is 1030. The molecule has 28 heavy (non-hydrogen) atoms. The fraction of sp³-hybridized carbons (Fsp3) is 0.556. The van der Waals surface area contributed by atoms with Crippen LogP contribution in [0.1, 0.15) is 36.3 Å². The Morgan fingerprint density at radius 1 is 1.25 bits per heavy atom. The molecule has 150 valence electrons. The third-order valence-electron chi connectivity index (χ3n) is 5.24. The van der Waals surface area contributed by atoms with Gasteiger partial charge in [-0.05, 0) is 32.1 Å². The monoisotopic (exact) mass is 404 g/mol. The van der Waals surface area contributed by atoms with Crippen LogP contribution in [0, 0.1) is 12.8 Å². The number of aromatic nitrogens is 4. The van der Waals surface area contributed by atoms with E-state index in [1.165, 1.54) is 23.9 Å². The third kappa shape index (κ3) is 3.53. The van der Waals surface area contributed by atoms with Gasteiger partial charge in [0.25, 0.3) is 10.0 Å². The number of carbonyl (C=O) groups excluding carboxylic acids is 1. The molecular formula is C18H24N6O3S. The number of carbonyl (C=O) groups is 1. The van der Waals surface area contributed by atoms with Gasteiger partial charge in [0.2, 0.25) is 5.91 Å². The Hall–Kier alpha value is -2.33. The number of hydrogen-bond acceptors (Lipinski definition) is 6. The van der Waals surface area contributed by atoms with E-state index in [0.29, 0.717) is 36.9 Å². The topological polar surface area (TPSA) is 101 Å². The van der Waals surface area contributed by atoms with Crippen LogP contribution >= 0.6 is 0 Å². The van der Waals surface area contributed by atoms with Crippen molar-refractivity contribution in [3.63, 3.8) is 0 Å². The summed E-state index contributed by atoms with van der Waals surface area (Å²) in [4.78, 5) is 27.3. The van der Waals surface area contributed by atoms with Gasteiger partial charge in [0.1, 0.15) is 11.6 Å². The number of sulfonamides is 1. The molecule has 2 aromatic heterocycles. The van der Waals surface area contributed by atoms with E-state index < -0.39 is 10.0 Å². The number of amides is 1. The van der Waals surface area contributed by atoms with Gasteiger partial charge in [-0.25, -0.2) is 23.4 Å². The Morgan fingerprint density at radius 3 is 2.64 bits per heavy atom. The smallest absolute Gasteiger partial charge is 0.262 e. The van der Waals surface area contributed by atoms with Gasteiger partial charge in [-0.2, -0.15) is 4.31 Å². The zero-order valence-corrected chi connectivity index (χ0v) is 17.1. The number of anilines is 1. The molecule has 0 atom stereocenters. The van der Waals surface area contributed by atoms with Crippen molar-refractivity contribution in [1.82, 2.24) is 23.8 Å². The van der Waals surface area contributed by atoms with Crippen molar-refractivity contribution in [2.75, 3.05) is 18.5 Å². The molecule has 1 fully saturated rings. The van der Waals surface area contributed by atoms with Gasteiger partial charge in [0.15, 0.2) is 5.03 Å². The average molecular weight is 404 g/mol. The molecule has 2 aliphatic rings. The highest BCUT2D eigenvalue weighted by molar-refractivity contribution is 7.89. The lowest BCUT2D eigenvalue weighted by Crippen LogP contribution is -2.38. The Labute approximate surface area is 164 Å². The van der Waals surface area contributed by atoms with Crippen molar-refractivity contribution < 1.29 is 13.2 Å². The summed E-state index contributed by atoms with van der Waals surface area (Å²) in [5, 5.41) is -0.0160. The largest absolute Gasteiger partial charge is 0.339 e. The summed E-state index contributed by atoms with van der Waals surface area (Å²) in [6.45, 7) is 2.59. The second kappa shape index (κ2) is 6.93. The Kier molecular flexibility index (Phi) is 4.70. The van der Waals surface area contributed by atoms with Crippen molar-refractivity contribution in [3.05, 3.63) is 29.6 Å². The maximum atomic E-state index is 12.7. The molecule has 0 saturated heterocycles. The lowest BCUT2D eigenvalue weighted by molar-refractivity contribution is -0.119. The molecule has 1 saturated carbocycles. The molecule has 1 aliphatic carbocycles. The van der Waals surface area contributed by atoms with E-state index in [9.17, 15) is 13.2 Å². The van der Waals surface area contributed by atoms with E-state index in [2.05, 4.69) is 15.0 Å². The molecule has 9 nitrogen and oxygen atoms in total. The molecule has 0 bridgehead atoms. The predicted molar refractivity (Wildman–Crippen MR) is 102 cm³/mol. The van der Waals surface area contributed by atoms with Crippen LogP contribution in [0.5, 0.6) is 0 Å². The standard InChI is InChI=1S/C18H24N6O3S/c1-12-14-6-7-17(25)24(8-13-4-5-13)18(14)21-15(20-12)9-23(3)28(26,27)16-10-22(2)11-19-16/h10-11,13H,4-9H2,1-3H3. The first-order chi connectivity index (χ1) is 13.3. The average Bonchev–Trinajstić information content (AvgIpc) is 3.35. The van der Waals surface area contributed by atoms with E-state index in [0.717, 1.165) is 24.1 Å². The molecule has 2 aromatic rings. The fourth-order valence-electron chi connectivity index (χ4n) is 3.42. The zero-order valence-electron chi connectivity index (χ0n) is 16.3. The van der Waals surface area contributed by atoms with Gasteiger partial charge < -0.3 is 4.57 Å². The normalized spacial score (nSPS) is 17.3. The van der Waals surface area contributed by atoms with Gasteiger partial charge in [-0.15, -0.1) is 0 Å². The molecule has 0 N–H and O–H groups in total. The maximum Gasteiger partial charge on any atom is 0.262 e. The van der Waals surface area contributed by atoms with Crippen LogP contribution in [-0.2, 0) is 34.8 Å². The second-order valence-electron chi connectivity index (χ2n) is 7.61. The van der Waals surface area contributed by atoms with Gasteiger partial charge in [0, 0.05) is 44.5 Å². The van der Waals surface area contributed by atoms with Crippen LogP contribution in [0.4, 0.5) is 5.82 Å². The molecule has 0 radical (unpaired) electrons. The summed E-state index contributed by atoms with van der Waals surface area (Å²) in [5.41, 5.74) is 1.79. The second-order valence-corrected chi connectivity index (χ2v) is 9.61. The SMILES string of the molecule is Cc1nc(CN(C)S(=O)(=O)c2cn(C)cn2)nc2c1CCC(=O)N2CC1CC1. The summed E-state index contributed by atoms with van der Waals surface area (Å²) in [6.07, 6.45) is 6.28. The fourth-order valence-corrected chi connectivity index (χ4v) is 4.51. The number of nitrogens with zero attached hydrogens (tertiary/aromatic N) is 6. The Morgan fingerprint density at radius 2 is 2.00 bits per heavy atom. The van der Waals surface area contributed by atoms with Crippen LogP contribution < -0.4 is 4.90 Å². The number of aryl methyl sites for hydroxylation is 2. The van der Waals surface area contributed by atoms with E-state index >= 15 is 0 Å². The summed E-state index contributed by atoms with van der Waals surface area (Å²) in [6, 6.07) is 0. The summed E-state index contributed by atoms with van der Waals surface area (Å²) in [7, 11) is -0.546. The van der Waals surface area contributed by atoms with Crippen molar-refractivity contribution in [2.45, 2.75) is 44.2 Å². The van der Waals surface area contributed by atoms with Crippen molar-refractivity contribution in [3.8, 4) is 0 Å². The van der Waals surface area contributed by atoms with Crippen molar-refractivity contribution in [1.29, 1.82) is 0 Å². The maximum absolute atomic E-state index is 12.7. The summed E-state index contributed by atoms with van der Waals surface area (Å²) < 4.78 is 28.2. The lowest BCUT2D eigenvalue weighted by Gasteiger charge is -2.29. The highest BCUT2D eigenvalue weighted by Crippen LogP contribution is 2.35. The number of fused-ring (bicyclic) bond motifs is 1. The first kappa shape index (κ1) is 19.0. The van der Waals surface area contributed by atoms with E-state index in [1.54, 1.807) is 16.5 Å². The first-order valence-electron chi connectivity index (χ1n) is 9.36. The van der Waals surface area contributed by atoms with E-state index in [4.69, 9.17) is 0 Å². The number of rotatable bonds is 6. The molecule has 1 amide bonds. The number of imidazole rings is 1. The summed E-state index contributed by atoms with van der Waals surface area (Å²) in [5.74, 6) is 1.65. The molecule has 3 heterocycles. The van der Waals surface area contributed by atoms with Gasteiger partial charge in [0.05, 0.1) is 12.9 Å². The quantitative estimate of drug-likeness (QED) is 0.713. The molecule has 4 rings (SSSR count). The molecule has 0 aromatic carbocycles. The first-order valence-corrected chi connectivity index (χ1v) is 10.8. The molecule has 10 heteroatoms. The van der Waals surface area contributed by atoms with Crippen LogP contribution in [0.3, 0.4) is 0 Å². The van der Waals surface area contributed by atoms with Gasteiger partial charge >= 0.3 is 0 Å². The lowest BCUT2D eigenvalue weighted by atomic mass is 10.0. The van der Waals surface area contributed by atoms with E-state index in [1.807, 2.05) is 6.92 Å². The van der Waals surface area contributed by atoms with Gasteiger partial charge in [-0.3, -0.25) is 9.69 Å². The van der Waals surface area contributed by atoms with Gasteiger partial charge in [-0.1, -0.05) is 0 Å². The zero-order chi connectivity index (χ0) is 20.1. The highest BCUT2D eigenvalue weighted by Gasteiger charge is 2.33. The molecule has 1 aliphatic heterocycles. The van der Waals surface area contributed by atoms with Crippen LogP contribution in [0.15, 0.2) is 17.6 Å². The minimum Gasteiger partial charge on any atom is -0.339 e. The molecular weight excluding hydrogens is 380 g/mol. The van der Waals surface area contributed by atoms with Crippen molar-refractivity contribution >= 4 is 21.7 Å². The van der Waals surface area contributed by atoms with Crippen LogP contribution in [0.2, 0.25) is 0 Å². The highest BCUT2D eigenvalue weighted by atomic mass is 32.2. The molecule has 0 spiro atoms. The number of hydrogen-bond donors (Lipinski definition) is 0. The minimum absolute atomic E-state index is 0.0124. The minimum atomic E-state index is -3.74. The molecule has 0 unspecified atom stereocenters. The summed E-state index contributed by atoms with van der Waals surface area (Å²) >= 11 is 0. The van der Waals surface area contributed by atoms with Crippen molar-refractivity contribution in [2.24, 2.45) is 13.0 Å². The van der Waals surface area contributed by atoms with Crippen LogP contribution in [0.25, 0.3) is 0 Å². The third-order valence-corrected chi connectivity index (χ3v) is 6.93. The predicted octanol–water partition coefficient (Wildman–Crippen LogP) is 1.03. The Balaban J connectivity index is 1.63. The van der Waals surface area contributed by atoms with Crippen LogP contribution in [-0.4, -0.2) is 51.7 Å².